The average molecular weight is 360 g/mol. The molecule has 0 unspecified atom stereocenters. The minimum absolute atomic E-state index is 0.0391. The summed E-state index contributed by atoms with van der Waals surface area (Å²) in [7, 11) is 3.27. The van der Waals surface area contributed by atoms with Crippen LogP contribution in [0.4, 0.5) is 0 Å². The normalized spacial score (nSPS) is 22.0. The van der Waals surface area contributed by atoms with Crippen molar-refractivity contribution in [2.24, 2.45) is 5.92 Å². The molecule has 140 valence electrons. The van der Waals surface area contributed by atoms with E-state index in [1.807, 2.05) is 6.92 Å². The van der Waals surface area contributed by atoms with Crippen LogP contribution < -0.4 is 4.74 Å². The molecule has 1 N–H and O–H groups in total. The highest BCUT2D eigenvalue weighted by atomic mass is 16.5. The molecule has 2 aliphatic heterocycles. The molecule has 3 rings (SSSR count). The van der Waals surface area contributed by atoms with E-state index < -0.39 is 17.4 Å². The molecule has 2 amide bonds. The molecule has 0 aromatic heterocycles. The lowest BCUT2D eigenvalue weighted by Crippen LogP contribution is -2.56. The lowest BCUT2D eigenvalue weighted by atomic mass is 9.77. The van der Waals surface area contributed by atoms with Crippen molar-refractivity contribution in [2.45, 2.75) is 31.7 Å². The number of hydrogen-bond donors (Lipinski definition) is 1. The summed E-state index contributed by atoms with van der Waals surface area (Å²) in [6.07, 6.45) is 0.998. The van der Waals surface area contributed by atoms with E-state index in [9.17, 15) is 19.5 Å². The number of carboxylic acid groups (broad SMARTS) is 1. The summed E-state index contributed by atoms with van der Waals surface area (Å²) in [6.45, 7) is 2.76. The molecule has 0 saturated carbocycles. The Morgan fingerprint density at radius 1 is 1.27 bits per heavy atom. The van der Waals surface area contributed by atoms with Gasteiger partial charge in [-0.15, -0.1) is 0 Å². The van der Waals surface area contributed by atoms with Crippen molar-refractivity contribution in [2.75, 3.05) is 27.2 Å². The van der Waals surface area contributed by atoms with Gasteiger partial charge < -0.3 is 19.6 Å². The van der Waals surface area contributed by atoms with E-state index in [-0.39, 0.29) is 18.2 Å². The highest BCUT2D eigenvalue weighted by Gasteiger charge is 2.55. The van der Waals surface area contributed by atoms with E-state index in [0.717, 1.165) is 11.3 Å². The number of rotatable bonds is 3. The minimum atomic E-state index is -0.937. The number of carbonyl (C=O) groups is 3. The van der Waals surface area contributed by atoms with Crippen LogP contribution in [0.5, 0.6) is 5.75 Å². The molecule has 1 aromatic rings. The number of nitrogens with zero attached hydrogens (tertiary/aromatic N) is 2. The zero-order chi connectivity index (χ0) is 19.1. The van der Waals surface area contributed by atoms with Crippen molar-refractivity contribution < 1.29 is 24.2 Å². The van der Waals surface area contributed by atoms with Crippen molar-refractivity contribution in [1.82, 2.24) is 9.80 Å². The zero-order valence-electron chi connectivity index (χ0n) is 15.3. The van der Waals surface area contributed by atoms with Gasteiger partial charge in [0.15, 0.2) is 0 Å². The van der Waals surface area contributed by atoms with Crippen LogP contribution >= 0.6 is 0 Å². The topological polar surface area (TPSA) is 87.1 Å². The second-order valence-corrected chi connectivity index (χ2v) is 7.13. The third kappa shape index (κ3) is 2.81. The van der Waals surface area contributed by atoms with Crippen molar-refractivity contribution in [3.8, 4) is 5.75 Å². The first-order chi connectivity index (χ1) is 12.3. The highest BCUT2D eigenvalue weighted by molar-refractivity contribution is 5.95. The molecule has 0 bridgehead atoms. The van der Waals surface area contributed by atoms with Gasteiger partial charge >= 0.3 is 5.97 Å². The molecule has 7 heteroatoms. The predicted octanol–water partition coefficient (Wildman–Crippen LogP) is 1.54. The van der Waals surface area contributed by atoms with Gasteiger partial charge in [-0.25, -0.2) is 0 Å². The zero-order valence-corrected chi connectivity index (χ0v) is 15.3. The molecular formula is C19H24N2O5. The molecule has 7 nitrogen and oxygen atoms in total. The van der Waals surface area contributed by atoms with Gasteiger partial charge in [-0.1, -0.05) is 0 Å². The number of amides is 2. The van der Waals surface area contributed by atoms with Gasteiger partial charge in [-0.05, 0) is 43.5 Å². The van der Waals surface area contributed by atoms with Crippen molar-refractivity contribution in [3.63, 3.8) is 0 Å². The van der Waals surface area contributed by atoms with Crippen LogP contribution in [0.15, 0.2) is 18.2 Å². The first-order valence-electron chi connectivity index (χ1n) is 8.73. The Hall–Kier alpha value is -2.57. The number of benzene rings is 1. The van der Waals surface area contributed by atoms with Gasteiger partial charge in [0.1, 0.15) is 5.75 Å². The Morgan fingerprint density at radius 3 is 2.46 bits per heavy atom. The van der Waals surface area contributed by atoms with E-state index in [1.165, 1.54) is 0 Å². The van der Waals surface area contributed by atoms with Crippen LogP contribution in [0.1, 0.15) is 35.2 Å². The first-order valence-corrected chi connectivity index (χ1v) is 8.73. The largest absolute Gasteiger partial charge is 0.496 e. The second kappa shape index (κ2) is 6.63. The van der Waals surface area contributed by atoms with Crippen molar-refractivity contribution in [1.29, 1.82) is 0 Å². The monoisotopic (exact) mass is 360 g/mol. The van der Waals surface area contributed by atoms with E-state index in [0.29, 0.717) is 31.5 Å². The SMILES string of the molecule is COc1ccc(C(=O)N2CCC3(CC2)[C@H](C(=O)O)CC(=O)N3C)cc1C. The Bertz CT molecular complexity index is 752. The van der Waals surface area contributed by atoms with Crippen LogP contribution in [0.3, 0.4) is 0 Å². The Labute approximate surface area is 152 Å². The van der Waals surface area contributed by atoms with E-state index >= 15 is 0 Å². The van der Waals surface area contributed by atoms with Gasteiger partial charge in [0.25, 0.3) is 5.91 Å². The molecular weight excluding hydrogens is 336 g/mol. The molecule has 0 radical (unpaired) electrons. The summed E-state index contributed by atoms with van der Waals surface area (Å²) in [4.78, 5) is 39.8. The maximum absolute atomic E-state index is 12.8. The Morgan fingerprint density at radius 2 is 1.92 bits per heavy atom. The second-order valence-electron chi connectivity index (χ2n) is 7.13. The molecule has 2 fully saturated rings. The number of carboxylic acids is 1. The van der Waals surface area contributed by atoms with Crippen LogP contribution in [0.2, 0.25) is 0 Å². The van der Waals surface area contributed by atoms with Crippen LogP contribution in [-0.2, 0) is 9.59 Å². The maximum Gasteiger partial charge on any atom is 0.309 e. The lowest BCUT2D eigenvalue weighted by Gasteiger charge is -2.45. The van der Waals surface area contributed by atoms with Crippen molar-refractivity contribution >= 4 is 17.8 Å². The number of carbonyl (C=O) groups excluding carboxylic acids is 2. The molecule has 1 spiro atoms. The number of methoxy groups -OCH3 is 1. The Kier molecular flexibility index (Phi) is 4.64. The molecule has 2 saturated heterocycles. The molecule has 26 heavy (non-hydrogen) atoms. The molecule has 2 heterocycles. The third-order valence-electron chi connectivity index (χ3n) is 5.93. The van der Waals surface area contributed by atoms with Crippen LogP contribution in [0.25, 0.3) is 0 Å². The number of piperidine rings is 1. The summed E-state index contributed by atoms with van der Waals surface area (Å²) in [6, 6.07) is 5.32. The Balaban J connectivity index is 1.75. The first kappa shape index (κ1) is 18.2. The lowest BCUT2D eigenvalue weighted by molar-refractivity contribution is -0.145. The number of aliphatic carboxylic acids is 1. The summed E-state index contributed by atoms with van der Waals surface area (Å²) in [5, 5.41) is 9.53. The summed E-state index contributed by atoms with van der Waals surface area (Å²) in [5.41, 5.74) is 0.791. The van der Waals surface area contributed by atoms with Gasteiger partial charge in [0.05, 0.1) is 18.6 Å². The number of aryl methyl sites for hydroxylation is 1. The average Bonchev–Trinajstić information content (AvgIpc) is 2.87. The summed E-state index contributed by atoms with van der Waals surface area (Å²) < 4.78 is 5.23. The standard InChI is InChI=1S/C19H24N2O5/c1-12-10-13(4-5-15(12)26-3)17(23)21-8-6-19(7-9-21)14(18(24)25)11-16(22)20(19)2/h4-5,10,14H,6-9,11H2,1-3H3,(H,24,25)/t14-/m0/s1. The third-order valence-corrected chi connectivity index (χ3v) is 5.93. The minimum Gasteiger partial charge on any atom is -0.496 e. The quantitative estimate of drug-likeness (QED) is 0.884. The van der Waals surface area contributed by atoms with Crippen LogP contribution in [-0.4, -0.2) is 65.5 Å². The number of hydrogen-bond acceptors (Lipinski definition) is 4. The number of likely N-dealkylation sites (tertiary alicyclic amines) is 2. The van der Waals surface area contributed by atoms with Gasteiger partial charge in [0.2, 0.25) is 5.91 Å². The fourth-order valence-electron chi connectivity index (χ4n) is 4.28. The maximum atomic E-state index is 12.8. The molecule has 1 aromatic carbocycles. The fourth-order valence-corrected chi connectivity index (χ4v) is 4.28. The van der Waals surface area contributed by atoms with Gasteiger partial charge in [-0.3, -0.25) is 14.4 Å². The van der Waals surface area contributed by atoms with Crippen LogP contribution in [0, 0.1) is 12.8 Å². The number of ether oxygens (including phenoxy) is 1. The van der Waals surface area contributed by atoms with E-state index in [1.54, 1.807) is 42.2 Å². The summed E-state index contributed by atoms with van der Waals surface area (Å²) in [5.74, 6) is -1.13. The summed E-state index contributed by atoms with van der Waals surface area (Å²) >= 11 is 0. The van der Waals surface area contributed by atoms with Gasteiger partial charge in [-0.2, -0.15) is 0 Å². The molecule has 2 aliphatic rings. The predicted molar refractivity (Wildman–Crippen MR) is 94.1 cm³/mol. The highest BCUT2D eigenvalue weighted by Crippen LogP contribution is 2.43. The molecule has 1 atom stereocenters. The molecule has 0 aliphatic carbocycles. The van der Waals surface area contributed by atoms with E-state index in [4.69, 9.17) is 4.74 Å². The smallest absolute Gasteiger partial charge is 0.309 e. The van der Waals surface area contributed by atoms with Gasteiger partial charge in [0, 0.05) is 32.1 Å². The fraction of sp³-hybridized carbons (Fsp3) is 0.526. The van der Waals surface area contributed by atoms with E-state index in [2.05, 4.69) is 0 Å². The van der Waals surface area contributed by atoms with Crippen molar-refractivity contribution in [3.05, 3.63) is 29.3 Å².